The normalized spacial score (nSPS) is 16.4. The molecular formula is C21H13F13N4S2. The van der Waals surface area contributed by atoms with E-state index in [4.69, 9.17) is 0 Å². The lowest BCUT2D eigenvalue weighted by molar-refractivity contribution is -0.137. The molecule has 4 nitrogen and oxygen atoms in total. The second-order valence-electron chi connectivity index (χ2n) is 8.36. The van der Waals surface area contributed by atoms with E-state index in [-0.39, 0.29) is 46.7 Å². The molecule has 0 aliphatic heterocycles. The van der Waals surface area contributed by atoms with Crippen molar-refractivity contribution in [2.75, 3.05) is 10.6 Å². The molecular weight excluding hydrogens is 619 g/mol. The van der Waals surface area contributed by atoms with E-state index in [1.807, 2.05) is 0 Å². The number of benzene rings is 3. The van der Waals surface area contributed by atoms with Crippen LogP contribution in [0.15, 0.2) is 76.5 Å². The highest BCUT2D eigenvalue weighted by Crippen LogP contribution is 3.02. The Kier molecular flexibility index (Phi) is 5.55. The lowest BCUT2D eigenvalue weighted by Gasteiger charge is -2.40. The minimum Gasteiger partial charge on any atom is -0.337 e. The average molecular weight is 632 g/mol. The highest BCUT2D eigenvalue weighted by Gasteiger charge is 2.66. The van der Waals surface area contributed by atoms with Gasteiger partial charge in [-0.2, -0.15) is 13.2 Å². The molecule has 0 aliphatic carbocycles. The van der Waals surface area contributed by atoms with Crippen molar-refractivity contribution in [2.45, 2.75) is 16.0 Å². The van der Waals surface area contributed by atoms with Crippen LogP contribution < -0.4 is 10.6 Å². The molecule has 0 amide bonds. The second-order valence-corrected chi connectivity index (χ2v) is 13.2. The molecule has 4 rings (SSSR count). The zero-order valence-corrected chi connectivity index (χ0v) is 20.6. The van der Waals surface area contributed by atoms with Gasteiger partial charge in [-0.25, -0.2) is 9.97 Å². The summed E-state index contributed by atoms with van der Waals surface area (Å²) in [4.78, 5) is 3.49. The smallest absolute Gasteiger partial charge is 0.337 e. The lowest BCUT2D eigenvalue weighted by atomic mass is 10.2. The van der Waals surface area contributed by atoms with Crippen LogP contribution in [0.3, 0.4) is 0 Å². The summed E-state index contributed by atoms with van der Waals surface area (Å²) in [5.41, 5.74) is -2.30. The molecule has 3 aromatic carbocycles. The number of rotatable bonds is 6. The van der Waals surface area contributed by atoms with Crippen LogP contribution in [0.2, 0.25) is 0 Å². The Morgan fingerprint density at radius 2 is 0.875 bits per heavy atom. The molecule has 0 unspecified atom stereocenters. The third kappa shape index (κ3) is 6.75. The third-order valence-electron chi connectivity index (χ3n) is 5.12. The van der Waals surface area contributed by atoms with Crippen molar-refractivity contribution in [3.05, 3.63) is 72.3 Å². The summed E-state index contributed by atoms with van der Waals surface area (Å²) in [5.74, 6) is -0.909. The highest BCUT2D eigenvalue weighted by molar-refractivity contribution is 8.46. The predicted molar refractivity (Wildman–Crippen MR) is 127 cm³/mol. The molecule has 1 aromatic heterocycles. The first-order chi connectivity index (χ1) is 17.7. The van der Waals surface area contributed by atoms with Crippen LogP contribution in [0, 0.1) is 0 Å². The minimum absolute atomic E-state index is 0.0476. The quantitative estimate of drug-likeness (QED) is 0.208. The standard InChI is InChI=1S/C21H13F13N4S2/c22-21(23,24)12-1-10-17-18(11-12)38-20(36-14-4-8-16(9-5-14)40(30,31,32,33)34)19(37-17)35-13-2-6-15(7-3-13)39(25,26,27,28)29/h1-11H,(H,35,37)(H,36,38). The van der Waals surface area contributed by atoms with Crippen molar-refractivity contribution < 1.29 is 52.0 Å². The molecule has 0 fully saturated rings. The van der Waals surface area contributed by atoms with Gasteiger partial charge in [-0.05, 0) is 66.7 Å². The number of nitrogens with zero attached hydrogens (tertiary/aromatic N) is 2. The Morgan fingerprint density at radius 3 is 1.23 bits per heavy atom. The number of aromatic nitrogens is 2. The predicted octanol–water partition coefficient (Wildman–Crippen LogP) is 11.5. The van der Waals surface area contributed by atoms with Crippen LogP contribution in [0.4, 0.5) is 75.0 Å². The largest absolute Gasteiger partial charge is 0.416 e. The number of fused-ring (bicyclic) bond motifs is 1. The fourth-order valence-electron chi connectivity index (χ4n) is 3.27. The van der Waals surface area contributed by atoms with Crippen LogP contribution in [-0.4, -0.2) is 9.97 Å². The molecule has 0 saturated carbocycles. The molecule has 0 spiro atoms. The van der Waals surface area contributed by atoms with Gasteiger partial charge < -0.3 is 10.6 Å². The fraction of sp³-hybridized carbons (Fsp3) is 0.0476. The Hall–Kier alpha value is -3.61. The molecule has 1 heterocycles. The monoisotopic (exact) mass is 632 g/mol. The summed E-state index contributed by atoms with van der Waals surface area (Å²) in [7, 11) is -20.0. The highest BCUT2D eigenvalue weighted by atomic mass is 32.5. The first-order valence-electron chi connectivity index (χ1n) is 10.3. The zero-order chi connectivity index (χ0) is 30.1. The van der Waals surface area contributed by atoms with Crippen LogP contribution >= 0.6 is 20.4 Å². The Balaban J connectivity index is 1.77. The maximum Gasteiger partial charge on any atom is 0.416 e. The molecule has 2 N–H and O–H groups in total. The van der Waals surface area contributed by atoms with Gasteiger partial charge in [0.1, 0.15) is 9.79 Å². The molecule has 0 atom stereocenters. The fourth-order valence-corrected chi connectivity index (χ4v) is 4.57. The number of alkyl halides is 3. The number of halogens is 13. The maximum atomic E-state index is 13.1. The van der Waals surface area contributed by atoms with Crippen molar-refractivity contribution in [3.8, 4) is 0 Å². The van der Waals surface area contributed by atoms with Crippen molar-refractivity contribution in [1.29, 1.82) is 0 Å². The first kappa shape index (κ1) is 29.4. The SMILES string of the molecule is FC(F)(F)c1ccc2nc(Nc3ccc(S(F)(F)(F)(F)F)cc3)c(Nc3ccc(S(F)(F)(F)(F)F)cc3)nc2c1. The van der Waals surface area contributed by atoms with Crippen LogP contribution in [0.1, 0.15) is 5.56 Å². The summed E-state index contributed by atoms with van der Waals surface area (Å²) in [5, 5.41) is 4.81. The lowest BCUT2D eigenvalue weighted by Crippen LogP contribution is -2.08. The summed E-state index contributed by atoms with van der Waals surface area (Å²) < 4.78 is 170. The summed E-state index contributed by atoms with van der Waals surface area (Å²) in [6.45, 7) is 0. The zero-order valence-electron chi connectivity index (χ0n) is 19.0. The molecule has 0 saturated heterocycles. The van der Waals surface area contributed by atoms with Crippen LogP contribution in [0.25, 0.3) is 11.0 Å². The Labute approximate surface area is 215 Å². The summed E-state index contributed by atoms with van der Waals surface area (Å²) in [6, 6.07) is 4.70. The summed E-state index contributed by atoms with van der Waals surface area (Å²) in [6.07, 6.45) is -4.80. The minimum atomic E-state index is -10.0. The third-order valence-corrected chi connectivity index (χ3v) is 7.44. The van der Waals surface area contributed by atoms with Crippen LogP contribution in [-0.2, 0) is 6.18 Å². The van der Waals surface area contributed by atoms with Crippen molar-refractivity contribution in [1.82, 2.24) is 9.97 Å². The van der Waals surface area contributed by atoms with Crippen molar-refractivity contribution in [3.63, 3.8) is 0 Å². The van der Waals surface area contributed by atoms with E-state index in [2.05, 4.69) is 20.6 Å². The van der Waals surface area contributed by atoms with E-state index in [0.29, 0.717) is 36.4 Å². The number of anilines is 4. The van der Waals surface area contributed by atoms with E-state index in [1.54, 1.807) is 0 Å². The summed E-state index contributed by atoms with van der Waals surface area (Å²) >= 11 is 0. The van der Waals surface area contributed by atoms with Crippen molar-refractivity contribution >= 4 is 54.5 Å². The molecule has 0 bridgehead atoms. The van der Waals surface area contributed by atoms with Crippen LogP contribution in [0.5, 0.6) is 0 Å². The van der Waals surface area contributed by atoms with Gasteiger partial charge in [-0.15, -0.1) is 0 Å². The van der Waals surface area contributed by atoms with E-state index in [9.17, 15) is 52.0 Å². The molecule has 220 valence electrons. The van der Waals surface area contributed by atoms with Gasteiger partial charge in [-0.1, -0.05) is 38.9 Å². The molecule has 40 heavy (non-hydrogen) atoms. The number of hydrogen-bond acceptors (Lipinski definition) is 4. The van der Waals surface area contributed by atoms with E-state index in [0.717, 1.165) is 6.07 Å². The van der Waals surface area contributed by atoms with Gasteiger partial charge in [0.15, 0.2) is 11.6 Å². The molecule has 0 aliphatic rings. The van der Waals surface area contributed by atoms with Gasteiger partial charge in [0.2, 0.25) is 0 Å². The van der Waals surface area contributed by atoms with E-state index in [1.165, 1.54) is 0 Å². The topological polar surface area (TPSA) is 49.8 Å². The van der Waals surface area contributed by atoms with Crippen molar-refractivity contribution in [2.24, 2.45) is 0 Å². The Morgan fingerprint density at radius 1 is 0.500 bits per heavy atom. The first-order valence-corrected chi connectivity index (χ1v) is 14.2. The Bertz CT molecular complexity index is 1620. The molecule has 4 aromatic rings. The number of nitrogens with one attached hydrogen (secondary N) is 2. The number of hydrogen-bond donors (Lipinski definition) is 2. The van der Waals surface area contributed by atoms with Gasteiger partial charge in [0.05, 0.1) is 16.6 Å². The van der Waals surface area contributed by atoms with E-state index < -0.39 is 53.6 Å². The second kappa shape index (κ2) is 7.56. The average Bonchev–Trinajstić information content (AvgIpc) is 2.76. The van der Waals surface area contributed by atoms with E-state index >= 15 is 0 Å². The maximum absolute atomic E-state index is 13.1. The van der Waals surface area contributed by atoms with Gasteiger partial charge in [-0.3, -0.25) is 0 Å². The molecule has 19 heteroatoms. The van der Waals surface area contributed by atoms with Gasteiger partial charge >= 0.3 is 26.6 Å². The van der Waals surface area contributed by atoms with Gasteiger partial charge in [0, 0.05) is 11.4 Å². The van der Waals surface area contributed by atoms with Gasteiger partial charge in [0.25, 0.3) is 0 Å². The molecule has 0 radical (unpaired) electrons.